The van der Waals surface area contributed by atoms with E-state index in [1.54, 1.807) is 16.4 Å². The molecule has 1 aromatic rings. The maximum atomic E-state index is 13.0. The summed E-state index contributed by atoms with van der Waals surface area (Å²) < 4.78 is 2.22. The van der Waals surface area contributed by atoms with Crippen LogP contribution in [-0.4, -0.2) is 38.8 Å². The van der Waals surface area contributed by atoms with Crippen LogP contribution < -0.4 is 10.5 Å². The van der Waals surface area contributed by atoms with Gasteiger partial charge in [0.25, 0.3) is 11.5 Å². The van der Waals surface area contributed by atoms with Gasteiger partial charge in [0.05, 0.1) is 4.91 Å². The third-order valence-corrected chi connectivity index (χ3v) is 7.19. The summed E-state index contributed by atoms with van der Waals surface area (Å²) in [5.74, 6) is 1.33. The number of amides is 1. The molecule has 0 saturated carbocycles. The largest absolute Gasteiger partial charge is 0.357 e. The number of anilines is 1. The number of thiocarbonyl (C=S) groups is 1. The summed E-state index contributed by atoms with van der Waals surface area (Å²) in [6.07, 6.45) is 3.93. The van der Waals surface area contributed by atoms with Crippen LogP contribution in [0.2, 0.25) is 0 Å². The van der Waals surface area contributed by atoms with Crippen molar-refractivity contribution in [1.82, 2.24) is 9.47 Å². The molecule has 1 amide bonds. The van der Waals surface area contributed by atoms with Gasteiger partial charge >= 0.3 is 0 Å². The lowest BCUT2D eigenvalue weighted by Gasteiger charge is -2.35. The van der Waals surface area contributed by atoms with E-state index in [4.69, 9.17) is 12.2 Å². The van der Waals surface area contributed by atoms with Crippen LogP contribution in [0, 0.1) is 24.2 Å². The Bertz CT molecular complexity index is 1010. The molecule has 2 aliphatic rings. The molecule has 2 fully saturated rings. The number of hydrogen-bond acceptors (Lipinski definition) is 6. The zero-order valence-corrected chi connectivity index (χ0v) is 19.8. The standard InChI is InChI=1S/C22H28N4O2S2/c1-6-25-19(24-9-7-14(4)8-10-24)16(15(5)17(12-23)20(25)27)11-18-21(28)26(13(2)3)22(29)30-18/h11,13-14H,6-10H2,1-5H3. The first-order valence-electron chi connectivity index (χ1n) is 10.4. The van der Waals surface area contributed by atoms with E-state index in [-0.39, 0.29) is 23.1 Å². The van der Waals surface area contributed by atoms with Crippen molar-refractivity contribution in [3.8, 4) is 6.07 Å². The number of rotatable bonds is 4. The number of aromatic nitrogens is 1. The molecule has 30 heavy (non-hydrogen) atoms. The summed E-state index contributed by atoms with van der Waals surface area (Å²) in [7, 11) is 0. The normalized spacial score (nSPS) is 19.3. The summed E-state index contributed by atoms with van der Waals surface area (Å²) in [6.45, 7) is 12.0. The van der Waals surface area contributed by atoms with Gasteiger partial charge in [0.15, 0.2) is 0 Å². The lowest BCUT2D eigenvalue weighted by Crippen LogP contribution is -2.39. The first-order valence-corrected chi connectivity index (χ1v) is 11.6. The van der Waals surface area contributed by atoms with E-state index in [9.17, 15) is 14.9 Å². The first-order chi connectivity index (χ1) is 14.2. The van der Waals surface area contributed by atoms with Gasteiger partial charge in [-0.25, -0.2) is 0 Å². The quantitative estimate of drug-likeness (QED) is 0.518. The highest BCUT2D eigenvalue weighted by Crippen LogP contribution is 2.37. The number of nitrogens with zero attached hydrogens (tertiary/aromatic N) is 4. The molecular weight excluding hydrogens is 416 g/mol. The summed E-state index contributed by atoms with van der Waals surface area (Å²) in [4.78, 5) is 30.4. The monoisotopic (exact) mass is 444 g/mol. The third kappa shape index (κ3) is 3.93. The van der Waals surface area contributed by atoms with Crippen LogP contribution in [0.4, 0.5) is 5.82 Å². The number of nitriles is 1. The maximum Gasteiger partial charge on any atom is 0.270 e. The van der Waals surface area contributed by atoms with Crippen LogP contribution in [0.15, 0.2) is 9.70 Å². The maximum absolute atomic E-state index is 13.0. The second kappa shape index (κ2) is 8.94. The van der Waals surface area contributed by atoms with E-state index < -0.39 is 0 Å². The van der Waals surface area contributed by atoms with E-state index in [1.165, 1.54) is 11.8 Å². The van der Waals surface area contributed by atoms with Crippen LogP contribution in [0.5, 0.6) is 0 Å². The van der Waals surface area contributed by atoms with Crippen molar-refractivity contribution < 1.29 is 4.79 Å². The van der Waals surface area contributed by atoms with Gasteiger partial charge in [-0.05, 0) is 58.1 Å². The van der Waals surface area contributed by atoms with Gasteiger partial charge in [0.1, 0.15) is 21.8 Å². The minimum absolute atomic E-state index is 0.0215. The number of carbonyl (C=O) groups excluding carboxylic acids is 1. The number of pyridine rings is 1. The molecule has 0 bridgehead atoms. The summed E-state index contributed by atoms with van der Waals surface area (Å²) in [5.41, 5.74) is 1.26. The Balaban J connectivity index is 2.23. The topological polar surface area (TPSA) is 69.3 Å². The van der Waals surface area contributed by atoms with Crippen LogP contribution in [0.25, 0.3) is 6.08 Å². The lowest BCUT2D eigenvalue weighted by molar-refractivity contribution is -0.123. The molecule has 160 valence electrons. The minimum atomic E-state index is -0.266. The average Bonchev–Trinajstić information content (AvgIpc) is 2.98. The summed E-state index contributed by atoms with van der Waals surface area (Å²) >= 11 is 6.70. The summed E-state index contributed by atoms with van der Waals surface area (Å²) in [5, 5.41) is 9.65. The zero-order chi connectivity index (χ0) is 22.2. The average molecular weight is 445 g/mol. The fourth-order valence-corrected chi connectivity index (χ4v) is 5.56. The number of hydrogen-bond donors (Lipinski definition) is 0. The predicted molar refractivity (Wildman–Crippen MR) is 127 cm³/mol. The summed E-state index contributed by atoms with van der Waals surface area (Å²) in [6, 6.07) is 2.06. The number of thioether (sulfide) groups is 1. The molecule has 0 N–H and O–H groups in total. The molecule has 2 aliphatic heterocycles. The van der Waals surface area contributed by atoms with E-state index in [0.29, 0.717) is 27.3 Å². The van der Waals surface area contributed by atoms with E-state index in [1.807, 2.05) is 26.8 Å². The van der Waals surface area contributed by atoms with E-state index in [0.717, 1.165) is 37.3 Å². The van der Waals surface area contributed by atoms with Crippen LogP contribution in [0.3, 0.4) is 0 Å². The van der Waals surface area contributed by atoms with Crippen molar-refractivity contribution in [2.24, 2.45) is 5.92 Å². The Morgan fingerprint density at radius 1 is 1.30 bits per heavy atom. The van der Waals surface area contributed by atoms with Crippen molar-refractivity contribution in [2.75, 3.05) is 18.0 Å². The number of carbonyl (C=O) groups is 1. The van der Waals surface area contributed by atoms with Gasteiger partial charge in [0.2, 0.25) is 0 Å². The first kappa shape index (κ1) is 22.6. The molecule has 0 spiro atoms. The lowest BCUT2D eigenvalue weighted by atomic mass is 9.97. The molecule has 1 aromatic heterocycles. The molecule has 6 nitrogen and oxygen atoms in total. The SMILES string of the molecule is CCn1c(N2CCC(C)CC2)c(C=C2SC(=S)N(C(C)C)C2=O)c(C)c(C#N)c1=O. The van der Waals surface area contributed by atoms with Gasteiger partial charge in [0, 0.05) is 31.2 Å². The second-order valence-electron chi connectivity index (χ2n) is 8.21. The Hall–Kier alpha value is -2.11. The fraction of sp³-hybridized carbons (Fsp3) is 0.545. The van der Waals surface area contributed by atoms with Crippen molar-refractivity contribution in [3.05, 3.63) is 31.9 Å². The minimum Gasteiger partial charge on any atom is -0.357 e. The van der Waals surface area contributed by atoms with Crippen LogP contribution in [-0.2, 0) is 11.3 Å². The molecule has 0 aliphatic carbocycles. The van der Waals surface area contributed by atoms with Gasteiger partial charge in [-0.2, -0.15) is 5.26 Å². The molecule has 0 atom stereocenters. The van der Waals surface area contributed by atoms with Gasteiger partial charge in [-0.15, -0.1) is 0 Å². The highest BCUT2D eigenvalue weighted by molar-refractivity contribution is 8.26. The highest BCUT2D eigenvalue weighted by atomic mass is 32.2. The van der Waals surface area contributed by atoms with Gasteiger partial charge in [-0.1, -0.05) is 30.9 Å². The molecule has 0 unspecified atom stereocenters. The molecule has 3 heterocycles. The predicted octanol–water partition coefficient (Wildman–Crippen LogP) is 3.89. The second-order valence-corrected chi connectivity index (χ2v) is 9.89. The number of piperidine rings is 1. The Morgan fingerprint density at radius 2 is 1.93 bits per heavy atom. The Labute approximate surface area is 187 Å². The van der Waals surface area contributed by atoms with Crippen molar-refractivity contribution in [1.29, 1.82) is 5.26 Å². The molecule has 0 radical (unpaired) electrons. The van der Waals surface area contributed by atoms with Crippen molar-refractivity contribution >= 4 is 46.1 Å². The fourth-order valence-electron chi connectivity index (χ4n) is 4.05. The molecule has 8 heteroatoms. The van der Waals surface area contributed by atoms with Crippen LogP contribution >= 0.6 is 24.0 Å². The van der Waals surface area contributed by atoms with Gasteiger partial charge < -0.3 is 4.90 Å². The van der Waals surface area contributed by atoms with Crippen molar-refractivity contribution in [3.63, 3.8) is 0 Å². The zero-order valence-electron chi connectivity index (χ0n) is 18.2. The highest BCUT2D eigenvalue weighted by Gasteiger charge is 2.35. The van der Waals surface area contributed by atoms with Gasteiger partial charge in [-0.3, -0.25) is 19.1 Å². The van der Waals surface area contributed by atoms with E-state index >= 15 is 0 Å². The smallest absolute Gasteiger partial charge is 0.270 e. The Kier molecular flexibility index (Phi) is 6.73. The molecule has 3 rings (SSSR count). The molecule has 0 aromatic carbocycles. The Morgan fingerprint density at radius 3 is 2.43 bits per heavy atom. The van der Waals surface area contributed by atoms with Crippen molar-refractivity contribution in [2.45, 2.75) is 60.0 Å². The van der Waals surface area contributed by atoms with E-state index in [2.05, 4.69) is 17.9 Å². The van der Waals surface area contributed by atoms with Crippen LogP contribution in [0.1, 0.15) is 57.2 Å². The third-order valence-electron chi connectivity index (χ3n) is 5.86. The molecular formula is C22H28N4O2S2. The molecule has 2 saturated heterocycles.